The monoisotopic (exact) mass is 207 g/mol. The first-order valence-corrected chi connectivity index (χ1v) is 5.52. The first kappa shape index (κ1) is 12.1. The van der Waals surface area contributed by atoms with E-state index in [9.17, 15) is 0 Å². The Balaban J connectivity index is 2.88. The van der Waals surface area contributed by atoms with E-state index in [-0.39, 0.29) is 6.10 Å². The Morgan fingerprint density at radius 3 is 2.40 bits per heavy atom. The summed E-state index contributed by atoms with van der Waals surface area (Å²) in [6, 6.07) is 6.30. The summed E-state index contributed by atoms with van der Waals surface area (Å²) in [5.74, 6) is 1.38. The van der Waals surface area contributed by atoms with Crippen LogP contribution in [-0.4, -0.2) is 12.6 Å². The van der Waals surface area contributed by atoms with E-state index >= 15 is 0 Å². The molecule has 0 saturated carbocycles. The van der Waals surface area contributed by atoms with E-state index in [0.717, 1.165) is 5.75 Å². The summed E-state index contributed by atoms with van der Waals surface area (Å²) in [5, 5.41) is 0. The normalized spacial score (nSPS) is 12.9. The molecule has 2 heteroatoms. The lowest BCUT2D eigenvalue weighted by molar-refractivity contribution is 0.240. The van der Waals surface area contributed by atoms with Gasteiger partial charge in [0.2, 0.25) is 0 Å². The van der Waals surface area contributed by atoms with E-state index in [2.05, 4.69) is 26.0 Å². The fourth-order valence-electron chi connectivity index (χ4n) is 1.50. The molecule has 0 saturated heterocycles. The standard InChI is InChI=1S/C13H21NO/c1-9(2)15-13-6-5-12(7-10(13)3)11(4)8-14/h5-7,9,11H,8,14H2,1-4H3. The van der Waals surface area contributed by atoms with Crippen molar-refractivity contribution in [2.45, 2.75) is 39.7 Å². The van der Waals surface area contributed by atoms with E-state index in [1.807, 2.05) is 19.9 Å². The largest absolute Gasteiger partial charge is 0.491 e. The molecule has 1 aromatic rings. The Hall–Kier alpha value is -1.02. The second-order valence-electron chi connectivity index (χ2n) is 4.33. The summed E-state index contributed by atoms with van der Waals surface area (Å²) in [6.07, 6.45) is 0.224. The van der Waals surface area contributed by atoms with Gasteiger partial charge in [-0.25, -0.2) is 0 Å². The van der Waals surface area contributed by atoms with Crippen LogP contribution in [0.25, 0.3) is 0 Å². The predicted molar refractivity (Wildman–Crippen MR) is 64.4 cm³/mol. The zero-order valence-electron chi connectivity index (χ0n) is 10.1. The lowest BCUT2D eigenvalue weighted by Gasteiger charge is -2.15. The van der Waals surface area contributed by atoms with Crippen molar-refractivity contribution in [1.82, 2.24) is 0 Å². The summed E-state index contributed by atoms with van der Waals surface area (Å²) in [7, 11) is 0. The SMILES string of the molecule is Cc1cc(C(C)CN)ccc1OC(C)C. The van der Waals surface area contributed by atoms with Gasteiger partial charge in [0.25, 0.3) is 0 Å². The van der Waals surface area contributed by atoms with Gasteiger partial charge in [0.05, 0.1) is 6.10 Å². The van der Waals surface area contributed by atoms with Gasteiger partial charge in [0, 0.05) is 0 Å². The number of rotatable bonds is 4. The molecule has 0 aliphatic heterocycles. The molecular weight excluding hydrogens is 186 g/mol. The van der Waals surface area contributed by atoms with Crippen molar-refractivity contribution < 1.29 is 4.74 Å². The van der Waals surface area contributed by atoms with Crippen molar-refractivity contribution in [3.63, 3.8) is 0 Å². The fourth-order valence-corrected chi connectivity index (χ4v) is 1.50. The maximum atomic E-state index is 5.68. The van der Waals surface area contributed by atoms with Crippen LogP contribution in [0, 0.1) is 6.92 Å². The van der Waals surface area contributed by atoms with Gasteiger partial charge in [-0.05, 0) is 50.4 Å². The minimum atomic E-state index is 0.224. The summed E-state index contributed by atoms with van der Waals surface area (Å²) in [4.78, 5) is 0. The molecule has 1 atom stereocenters. The van der Waals surface area contributed by atoms with Crippen LogP contribution in [0.2, 0.25) is 0 Å². The quantitative estimate of drug-likeness (QED) is 0.824. The Morgan fingerprint density at radius 1 is 1.27 bits per heavy atom. The third-order valence-corrected chi connectivity index (χ3v) is 2.48. The summed E-state index contributed by atoms with van der Waals surface area (Å²) < 4.78 is 5.68. The molecular formula is C13H21NO. The molecule has 0 aliphatic carbocycles. The van der Waals surface area contributed by atoms with Gasteiger partial charge in [0.15, 0.2) is 0 Å². The first-order valence-electron chi connectivity index (χ1n) is 5.52. The van der Waals surface area contributed by atoms with Crippen molar-refractivity contribution in [2.24, 2.45) is 5.73 Å². The molecule has 0 fully saturated rings. The van der Waals surface area contributed by atoms with Crippen LogP contribution < -0.4 is 10.5 Å². The summed E-state index contributed by atoms with van der Waals surface area (Å²) in [5.41, 5.74) is 8.11. The van der Waals surface area contributed by atoms with Gasteiger partial charge in [-0.1, -0.05) is 19.1 Å². The number of aryl methyl sites for hydroxylation is 1. The molecule has 1 unspecified atom stereocenters. The average molecular weight is 207 g/mol. The van der Waals surface area contributed by atoms with Crippen LogP contribution in [-0.2, 0) is 0 Å². The lowest BCUT2D eigenvalue weighted by Crippen LogP contribution is -2.10. The average Bonchev–Trinajstić information content (AvgIpc) is 2.19. The number of ether oxygens (including phenoxy) is 1. The summed E-state index contributed by atoms with van der Waals surface area (Å²) in [6.45, 7) is 8.97. The number of hydrogen-bond donors (Lipinski definition) is 1. The van der Waals surface area contributed by atoms with E-state index in [4.69, 9.17) is 10.5 Å². The molecule has 0 amide bonds. The Labute approximate surface area is 92.4 Å². The van der Waals surface area contributed by atoms with Crippen molar-refractivity contribution in [3.05, 3.63) is 29.3 Å². The highest BCUT2D eigenvalue weighted by Crippen LogP contribution is 2.24. The van der Waals surface area contributed by atoms with Crippen molar-refractivity contribution in [3.8, 4) is 5.75 Å². The van der Waals surface area contributed by atoms with Crippen LogP contribution in [0.5, 0.6) is 5.75 Å². The Bertz CT molecular complexity index is 320. The van der Waals surface area contributed by atoms with E-state index < -0.39 is 0 Å². The molecule has 1 rings (SSSR count). The maximum absolute atomic E-state index is 5.68. The molecule has 0 aromatic heterocycles. The highest BCUT2D eigenvalue weighted by molar-refractivity contribution is 5.37. The third kappa shape index (κ3) is 3.24. The Kier molecular flexibility index (Phi) is 4.15. The third-order valence-electron chi connectivity index (χ3n) is 2.48. The molecule has 0 radical (unpaired) electrons. The second kappa shape index (κ2) is 5.17. The van der Waals surface area contributed by atoms with Crippen LogP contribution >= 0.6 is 0 Å². The lowest BCUT2D eigenvalue weighted by atomic mass is 9.99. The minimum absolute atomic E-state index is 0.224. The van der Waals surface area contributed by atoms with Crippen molar-refractivity contribution in [2.75, 3.05) is 6.54 Å². The highest BCUT2D eigenvalue weighted by Gasteiger charge is 2.07. The van der Waals surface area contributed by atoms with Gasteiger partial charge < -0.3 is 10.5 Å². The minimum Gasteiger partial charge on any atom is -0.491 e. The Morgan fingerprint density at radius 2 is 1.93 bits per heavy atom. The van der Waals surface area contributed by atoms with E-state index in [0.29, 0.717) is 12.5 Å². The molecule has 15 heavy (non-hydrogen) atoms. The van der Waals surface area contributed by atoms with Gasteiger partial charge in [-0.15, -0.1) is 0 Å². The van der Waals surface area contributed by atoms with Crippen LogP contribution in [0.4, 0.5) is 0 Å². The van der Waals surface area contributed by atoms with Gasteiger partial charge in [-0.3, -0.25) is 0 Å². The smallest absolute Gasteiger partial charge is 0.122 e. The molecule has 0 bridgehead atoms. The van der Waals surface area contributed by atoms with Crippen molar-refractivity contribution >= 4 is 0 Å². The van der Waals surface area contributed by atoms with Crippen molar-refractivity contribution in [1.29, 1.82) is 0 Å². The highest BCUT2D eigenvalue weighted by atomic mass is 16.5. The van der Waals surface area contributed by atoms with Crippen LogP contribution in [0.15, 0.2) is 18.2 Å². The van der Waals surface area contributed by atoms with Crippen LogP contribution in [0.3, 0.4) is 0 Å². The van der Waals surface area contributed by atoms with Gasteiger partial charge >= 0.3 is 0 Å². The second-order valence-corrected chi connectivity index (χ2v) is 4.33. The summed E-state index contributed by atoms with van der Waals surface area (Å²) >= 11 is 0. The number of hydrogen-bond acceptors (Lipinski definition) is 2. The number of benzene rings is 1. The molecule has 2 N–H and O–H groups in total. The predicted octanol–water partition coefficient (Wildman–Crippen LogP) is 2.84. The van der Waals surface area contributed by atoms with Gasteiger partial charge in [-0.2, -0.15) is 0 Å². The van der Waals surface area contributed by atoms with Crippen LogP contribution in [0.1, 0.15) is 37.8 Å². The molecule has 0 spiro atoms. The zero-order valence-corrected chi connectivity index (χ0v) is 10.1. The van der Waals surface area contributed by atoms with Gasteiger partial charge in [0.1, 0.15) is 5.75 Å². The van der Waals surface area contributed by atoms with E-state index in [1.54, 1.807) is 0 Å². The zero-order chi connectivity index (χ0) is 11.4. The number of nitrogens with two attached hydrogens (primary N) is 1. The molecule has 1 aromatic carbocycles. The first-order chi connectivity index (χ1) is 7.04. The topological polar surface area (TPSA) is 35.2 Å². The molecule has 0 aliphatic rings. The molecule has 84 valence electrons. The molecule has 2 nitrogen and oxygen atoms in total. The van der Waals surface area contributed by atoms with E-state index in [1.165, 1.54) is 11.1 Å². The maximum Gasteiger partial charge on any atom is 0.122 e. The molecule has 0 heterocycles. The fraction of sp³-hybridized carbons (Fsp3) is 0.538.